The number of rotatable bonds is 9. The van der Waals surface area contributed by atoms with Gasteiger partial charge in [-0.25, -0.2) is 0 Å². The van der Waals surface area contributed by atoms with Gasteiger partial charge in [0.05, 0.1) is 0 Å². The molecule has 0 aromatic carbocycles. The van der Waals surface area contributed by atoms with Crippen molar-refractivity contribution in [3.8, 4) is 0 Å². The Morgan fingerprint density at radius 2 is 0.765 bits per heavy atom. The maximum absolute atomic E-state index is 2.60. The third-order valence-corrected chi connectivity index (χ3v) is 6.32. The van der Waals surface area contributed by atoms with E-state index in [1.165, 1.54) is 0 Å². The summed E-state index contributed by atoms with van der Waals surface area (Å²) in [5, 5.41) is 0. The van der Waals surface area contributed by atoms with Crippen LogP contribution in [-0.4, -0.2) is 80.3 Å². The summed E-state index contributed by atoms with van der Waals surface area (Å²) in [6, 6.07) is 0. The van der Waals surface area contributed by atoms with Crippen LogP contribution in [0.15, 0.2) is 0 Å². The molecule has 0 saturated carbocycles. The molecular weight excluding hydrogens is 317 g/mol. The zero-order valence-electron chi connectivity index (χ0n) is 12.6. The van der Waals surface area contributed by atoms with E-state index in [0.29, 0.717) is 0 Å². The van der Waals surface area contributed by atoms with Gasteiger partial charge in [0.15, 0.2) is 0 Å². The summed E-state index contributed by atoms with van der Waals surface area (Å²) in [7, 11) is 0. The molecule has 0 bridgehead atoms. The normalized spacial score (nSPS) is 13.1. The first-order valence-electron chi connectivity index (χ1n) is 7.06. The standard InChI is InChI=1S/C13H30N3.Sn/c1-7-14(8-2)13(15(9-3)10-4)16(11-5)12-6;/h7-12H2,1-6H3;. The monoisotopic (exact) mass is 348 g/mol. The fraction of sp³-hybridized carbons (Fsp3) is 1.00. The average molecular weight is 347 g/mol. The molecule has 4 heteroatoms. The van der Waals surface area contributed by atoms with Crippen LogP contribution in [0.2, 0.25) is 0 Å². The van der Waals surface area contributed by atoms with Crippen LogP contribution in [-0.2, 0) is 0 Å². The molecule has 0 aliphatic heterocycles. The summed E-state index contributed by atoms with van der Waals surface area (Å²) in [5.74, 6) is 0. The maximum atomic E-state index is 2.60. The van der Waals surface area contributed by atoms with E-state index in [0.717, 1.165) is 39.3 Å². The molecule has 0 aliphatic rings. The average Bonchev–Trinajstić information content (AvgIpc) is 2.33. The molecule has 0 atom stereocenters. The Morgan fingerprint density at radius 1 is 0.588 bits per heavy atom. The second kappa shape index (κ2) is 8.72. The van der Waals surface area contributed by atoms with Crippen molar-refractivity contribution in [2.75, 3.05) is 39.3 Å². The van der Waals surface area contributed by atoms with Gasteiger partial charge < -0.3 is 0 Å². The SMILES string of the molecule is CCN(CC)[C]([Sn])(N(CC)CC)N(CC)CC. The predicted molar refractivity (Wildman–Crippen MR) is 77.2 cm³/mol. The van der Waals surface area contributed by atoms with Gasteiger partial charge in [-0.2, -0.15) is 0 Å². The van der Waals surface area contributed by atoms with Crippen molar-refractivity contribution >= 4 is 22.5 Å². The molecule has 0 N–H and O–H groups in total. The molecule has 0 aromatic rings. The quantitative estimate of drug-likeness (QED) is 0.465. The summed E-state index contributed by atoms with van der Waals surface area (Å²) in [6.45, 7) is 20.4. The summed E-state index contributed by atoms with van der Waals surface area (Å²) >= 11 is 1.58. The van der Waals surface area contributed by atoms with Crippen molar-refractivity contribution in [3.63, 3.8) is 0 Å². The molecule has 17 heavy (non-hydrogen) atoms. The van der Waals surface area contributed by atoms with Gasteiger partial charge in [-0.1, -0.05) is 0 Å². The molecule has 0 rings (SSSR count). The number of hydrogen-bond acceptors (Lipinski definition) is 3. The molecule has 0 saturated heterocycles. The zero-order chi connectivity index (χ0) is 13.5. The first-order chi connectivity index (χ1) is 8.06. The van der Waals surface area contributed by atoms with Crippen molar-refractivity contribution in [1.29, 1.82) is 0 Å². The minimum absolute atomic E-state index is 0.142. The fourth-order valence-electron chi connectivity index (χ4n) is 2.59. The van der Waals surface area contributed by atoms with E-state index in [1.807, 2.05) is 0 Å². The molecule has 3 nitrogen and oxygen atoms in total. The Kier molecular flexibility index (Phi) is 9.07. The van der Waals surface area contributed by atoms with E-state index in [9.17, 15) is 0 Å². The Labute approximate surface area is 122 Å². The molecule has 0 unspecified atom stereocenters. The predicted octanol–water partition coefficient (Wildman–Crippen LogP) is 1.79. The van der Waals surface area contributed by atoms with Gasteiger partial charge in [-0.15, -0.1) is 0 Å². The van der Waals surface area contributed by atoms with Crippen LogP contribution in [0.5, 0.6) is 0 Å². The van der Waals surface area contributed by atoms with Crippen LogP contribution in [0.3, 0.4) is 0 Å². The van der Waals surface area contributed by atoms with E-state index in [1.54, 1.807) is 22.5 Å². The summed E-state index contributed by atoms with van der Waals surface area (Å²) in [5.41, 5.74) is 0. The number of nitrogens with zero attached hydrogens (tertiary/aromatic N) is 3. The molecule has 0 heterocycles. The van der Waals surface area contributed by atoms with Gasteiger partial charge >= 0.3 is 122 Å². The van der Waals surface area contributed by atoms with E-state index in [2.05, 4.69) is 56.2 Å². The molecular formula is C13H30N3Sn. The third-order valence-electron chi connectivity index (χ3n) is 3.61. The Hall–Kier alpha value is 0.679. The summed E-state index contributed by atoms with van der Waals surface area (Å²) in [6.07, 6.45) is 0. The molecule has 3 radical (unpaired) electrons. The topological polar surface area (TPSA) is 9.72 Å². The molecule has 101 valence electrons. The Morgan fingerprint density at radius 3 is 0.882 bits per heavy atom. The summed E-state index contributed by atoms with van der Waals surface area (Å²) in [4.78, 5) is 7.81. The molecule has 0 spiro atoms. The van der Waals surface area contributed by atoms with Gasteiger partial charge in [0.2, 0.25) is 0 Å². The van der Waals surface area contributed by atoms with Gasteiger partial charge in [0.1, 0.15) is 0 Å². The van der Waals surface area contributed by atoms with Crippen molar-refractivity contribution in [2.45, 2.75) is 45.3 Å². The molecule has 0 amide bonds. The van der Waals surface area contributed by atoms with Crippen molar-refractivity contribution in [2.24, 2.45) is 0 Å². The number of hydrogen-bond donors (Lipinski definition) is 0. The van der Waals surface area contributed by atoms with Crippen LogP contribution in [0.1, 0.15) is 41.5 Å². The van der Waals surface area contributed by atoms with E-state index in [4.69, 9.17) is 0 Å². The minimum atomic E-state index is 0.142. The van der Waals surface area contributed by atoms with Crippen LogP contribution < -0.4 is 0 Å². The van der Waals surface area contributed by atoms with Crippen LogP contribution in [0, 0.1) is 0 Å². The van der Waals surface area contributed by atoms with Crippen LogP contribution in [0.25, 0.3) is 0 Å². The van der Waals surface area contributed by atoms with Crippen LogP contribution in [0.4, 0.5) is 0 Å². The van der Waals surface area contributed by atoms with Gasteiger partial charge in [-0.05, 0) is 0 Å². The zero-order valence-corrected chi connectivity index (χ0v) is 15.4. The van der Waals surface area contributed by atoms with E-state index < -0.39 is 0 Å². The fourth-order valence-corrected chi connectivity index (χ4v) is 5.30. The molecule has 0 fully saturated rings. The second-order valence-electron chi connectivity index (χ2n) is 4.15. The van der Waals surface area contributed by atoms with Crippen molar-refractivity contribution in [3.05, 3.63) is 0 Å². The van der Waals surface area contributed by atoms with Gasteiger partial charge in [0.25, 0.3) is 0 Å². The first-order valence-corrected chi connectivity index (χ1v) is 8.49. The van der Waals surface area contributed by atoms with Gasteiger partial charge in [0, 0.05) is 0 Å². The van der Waals surface area contributed by atoms with Gasteiger partial charge in [-0.3, -0.25) is 0 Å². The Bertz CT molecular complexity index is 156. The summed E-state index contributed by atoms with van der Waals surface area (Å²) < 4.78 is 0.142. The Balaban J connectivity index is 5.29. The third kappa shape index (κ3) is 3.82. The van der Waals surface area contributed by atoms with Crippen LogP contribution >= 0.6 is 0 Å². The molecule has 0 aromatic heterocycles. The van der Waals surface area contributed by atoms with E-state index in [-0.39, 0.29) is 3.80 Å². The first kappa shape index (κ1) is 17.7. The van der Waals surface area contributed by atoms with Crippen molar-refractivity contribution < 1.29 is 0 Å². The second-order valence-corrected chi connectivity index (χ2v) is 6.07. The van der Waals surface area contributed by atoms with Crippen molar-refractivity contribution in [1.82, 2.24) is 14.7 Å². The van der Waals surface area contributed by atoms with E-state index >= 15 is 0 Å². The molecule has 0 aliphatic carbocycles.